The first-order chi connectivity index (χ1) is 11.7. The predicted molar refractivity (Wildman–Crippen MR) is 97.0 cm³/mol. The molecule has 0 aliphatic heterocycles. The van der Waals surface area contributed by atoms with Gasteiger partial charge in [0.2, 0.25) is 5.91 Å². The Bertz CT molecular complexity index is 703. The Labute approximate surface area is 145 Å². The van der Waals surface area contributed by atoms with Gasteiger partial charge in [0, 0.05) is 17.6 Å². The number of anilines is 1. The number of likely N-dealkylation sites (N-methyl/N-ethyl adjacent to an activating group) is 1. The molecule has 0 unspecified atom stereocenters. The van der Waals surface area contributed by atoms with Gasteiger partial charge >= 0.3 is 0 Å². The van der Waals surface area contributed by atoms with Crippen LogP contribution < -0.4 is 4.90 Å². The number of benzene rings is 1. The fourth-order valence-electron chi connectivity index (χ4n) is 2.49. The number of thiophene rings is 1. The van der Waals surface area contributed by atoms with Gasteiger partial charge in [-0.3, -0.25) is 4.79 Å². The molecule has 0 radical (unpaired) electrons. The maximum Gasteiger partial charge on any atom is 0.242 e. The molecule has 0 saturated heterocycles. The second-order valence-corrected chi connectivity index (χ2v) is 6.63. The van der Waals surface area contributed by atoms with Crippen molar-refractivity contribution < 1.29 is 9.21 Å². The molecule has 2 aromatic heterocycles. The van der Waals surface area contributed by atoms with E-state index in [0.29, 0.717) is 19.6 Å². The van der Waals surface area contributed by atoms with Crippen LogP contribution >= 0.6 is 11.3 Å². The Morgan fingerprint density at radius 3 is 2.54 bits per heavy atom. The summed E-state index contributed by atoms with van der Waals surface area (Å²) in [5.74, 6) is 0.869. The van der Waals surface area contributed by atoms with Crippen LogP contribution in [0.1, 0.15) is 10.6 Å². The number of nitrogens with zero attached hydrogens (tertiary/aromatic N) is 2. The van der Waals surface area contributed by atoms with Crippen molar-refractivity contribution in [2.45, 2.75) is 13.1 Å². The summed E-state index contributed by atoms with van der Waals surface area (Å²) in [5, 5.41) is 2.03. The van der Waals surface area contributed by atoms with Crippen molar-refractivity contribution in [1.29, 1.82) is 0 Å². The first-order valence-corrected chi connectivity index (χ1v) is 8.69. The van der Waals surface area contributed by atoms with Gasteiger partial charge in [-0.05, 0) is 35.7 Å². The monoisotopic (exact) mass is 340 g/mol. The maximum atomic E-state index is 12.8. The van der Waals surface area contributed by atoms with Crippen LogP contribution in [0, 0.1) is 0 Å². The molecule has 0 atom stereocenters. The van der Waals surface area contributed by atoms with Gasteiger partial charge in [-0.1, -0.05) is 24.3 Å². The molecule has 24 heavy (non-hydrogen) atoms. The van der Waals surface area contributed by atoms with Crippen molar-refractivity contribution in [3.05, 3.63) is 76.9 Å². The van der Waals surface area contributed by atoms with Crippen LogP contribution in [-0.2, 0) is 17.9 Å². The molecule has 1 amide bonds. The number of para-hydroxylation sites is 1. The molecule has 3 rings (SSSR count). The molecule has 2 heterocycles. The zero-order valence-electron chi connectivity index (χ0n) is 13.6. The largest absolute Gasteiger partial charge is 0.467 e. The van der Waals surface area contributed by atoms with E-state index in [1.807, 2.05) is 76.8 Å². The first kappa shape index (κ1) is 16.3. The molecular formula is C19H20N2O2S. The molecule has 0 saturated carbocycles. The smallest absolute Gasteiger partial charge is 0.242 e. The second-order valence-electron chi connectivity index (χ2n) is 5.60. The number of hydrogen-bond donors (Lipinski definition) is 0. The van der Waals surface area contributed by atoms with Crippen LogP contribution in [0.25, 0.3) is 0 Å². The highest BCUT2D eigenvalue weighted by molar-refractivity contribution is 7.09. The van der Waals surface area contributed by atoms with Gasteiger partial charge in [0.15, 0.2) is 0 Å². The molecule has 5 heteroatoms. The van der Waals surface area contributed by atoms with Crippen molar-refractivity contribution in [2.24, 2.45) is 0 Å². The van der Waals surface area contributed by atoms with Crippen molar-refractivity contribution in [3.63, 3.8) is 0 Å². The van der Waals surface area contributed by atoms with E-state index < -0.39 is 0 Å². The van der Waals surface area contributed by atoms with Crippen LogP contribution in [0.5, 0.6) is 0 Å². The number of carbonyl (C=O) groups is 1. The van der Waals surface area contributed by atoms with E-state index in [4.69, 9.17) is 4.42 Å². The number of carbonyl (C=O) groups excluding carboxylic acids is 1. The summed E-state index contributed by atoms with van der Waals surface area (Å²) in [6, 6.07) is 17.7. The van der Waals surface area contributed by atoms with E-state index in [1.54, 1.807) is 17.6 Å². The molecule has 0 aliphatic rings. The molecule has 1 aromatic carbocycles. The van der Waals surface area contributed by atoms with E-state index in [9.17, 15) is 4.79 Å². The number of furan rings is 1. The van der Waals surface area contributed by atoms with Gasteiger partial charge in [0.25, 0.3) is 0 Å². The van der Waals surface area contributed by atoms with Crippen molar-refractivity contribution in [3.8, 4) is 0 Å². The standard InChI is InChI=1S/C19H20N2O2S/c1-20(16-7-3-2-4-8-16)15-19(22)21(13-17-9-5-11-23-17)14-18-10-6-12-24-18/h2-12H,13-15H2,1H3. The zero-order chi connectivity index (χ0) is 16.8. The lowest BCUT2D eigenvalue weighted by atomic mass is 10.3. The third kappa shape index (κ3) is 4.26. The highest BCUT2D eigenvalue weighted by Gasteiger charge is 2.18. The molecule has 0 N–H and O–H groups in total. The average molecular weight is 340 g/mol. The van der Waals surface area contributed by atoms with Gasteiger partial charge < -0.3 is 14.2 Å². The van der Waals surface area contributed by atoms with E-state index in [-0.39, 0.29) is 5.91 Å². The molecule has 3 aromatic rings. The Balaban J connectivity index is 1.70. The van der Waals surface area contributed by atoms with Gasteiger partial charge in [-0.15, -0.1) is 11.3 Å². The van der Waals surface area contributed by atoms with Crippen molar-refractivity contribution >= 4 is 22.9 Å². The minimum absolute atomic E-state index is 0.0751. The SMILES string of the molecule is CN(CC(=O)N(Cc1ccco1)Cc1cccs1)c1ccccc1. The number of rotatable bonds is 7. The van der Waals surface area contributed by atoms with Crippen molar-refractivity contribution in [1.82, 2.24) is 4.90 Å². The summed E-state index contributed by atoms with van der Waals surface area (Å²) < 4.78 is 5.42. The summed E-state index contributed by atoms with van der Waals surface area (Å²) >= 11 is 1.66. The predicted octanol–water partition coefficient (Wildman–Crippen LogP) is 4.01. The topological polar surface area (TPSA) is 36.7 Å². The molecule has 4 nitrogen and oxygen atoms in total. The van der Waals surface area contributed by atoms with Crippen LogP contribution in [0.3, 0.4) is 0 Å². The number of amides is 1. The molecule has 0 spiro atoms. The summed E-state index contributed by atoms with van der Waals surface area (Å²) in [5.41, 5.74) is 1.03. The summed E-state index contributed by atoms with van der Waals surface area (Å²) in [7, 11) is 1.93. The molecule has 0 aliphatic carbocycles. The minimum Gasteiger partial charge on any atom is -0.467 e. The first-order valence-electron chi connectivity index (χ1n) is 7.81. The van der Waals surface area contributed by atoms with Crippen LogP contribution in [0.15, 0.2) is 70.7 Å². The van der Waals surface area contributed by atoms with Crippen LogP contribution in [0.2, 0.25) is 0 Å². The third-order valence-electron chi connectivity index (χ3n) is 3.78. The van der Waals surface area contributed by atoms with E-state index >= 15 is 0 Å². The molecular weight excluding hydrogens is 320 g/mol. The third-order valence-corrected chi connectivity index (χ3v) is 4.64. The maximum absolute atomic E-state index is 12.8. The van der Waals surface area contributed by atoms with Crippen LogP contribution in [0.4, 0.5) is 5.69 Å². The second kappa shape index (κ2) is 7.84. The normalized spacial score (nSPS) is 10.5. The van der Waals surface area contributed by atoms with E-state index in [2.05, 4.69) is 0 Å². The van der Waals surface area contributed by atoms with E-state index in [0.717, 1.165) is 16.3 Å². The zero-order valence-corrected chi connectivity index (χ0v) is 14.4. The lowest BCUT2D eigenvalue weighted by Gasteiger charge is -2.25. The Hall–Kier alpha value is -2.53. The Morgan fingerprint density at radius 2 is 1.88 bits per heavy atom. The summed E-state index contributed by atoms with van der Waals surface area (Å²) in [6.45, 7) is 1.41. The molecule has 0 fully saturated rings. The highest BCUT2D eigenvalue weighted by atomic mass is 32.1. The van der Waals surface area contributed by atoms with Gasteiger partial charge in [-0.25, -0.2) is 0 Å². The lowest BCUT2D eigenvalue weighted by Crippen LogP contribution is -2.38. The average Bonchev–Trinajstić information content (AvgIpc) is 3.29. The minimum atomic E-state index is 0.0751. The number of hydrogen-bond acceptors (Lipinski definition) is 4. The van der Waals surface area contributed by atoms with Gasteiger partial charge in [0.05, 0.1) is 25.9 Å². The Morgan fingerprint density at radius 1 is 1.04 bits per heavy atom. The Kier molecular flexibility index (Phi) is 5.33. The van der Waals surface area contributed by atoms with Crippen molar-refractivity contribution in [2.75, 3.05) is 18.5 Å². The fourth-order valence-corrected chi connectivity index (χ4v) is 3.21. The quantitative estimate of drug-likeness (QED) is 0.652. The fraction of sp³-hybridized carbons (Fsp3) is 0.211. The summed E-state index contributed by atoms with van der Waals surface area (Å²) in [4.78, 5) is 17.8. The highest BCUT2D eigenvalue weighted by Crippen LogP contribution is 2.17. The summed E-state index contributed by atoms with van der Waals surface area (Å²) in [6.07, 6.45) is 1.64. The van der Waals surface area contributed by atoms with Crippen LogP contribution in [-0.4, -0.2) is 24.4 Å². The van der Waals surface area contributed by atoms with Gasteiger partial charge in [-0.2, -0.15) is 0 Å². The van der Waals surface area contributed by atoms with Gasteiger partial charge in [0.1, 0.15) is 5.76 Å². The van der Waals surface area contributed by atoms with E-state index in [1.165, 1.54) is 0 Å². The molecule has 124 valence electrons. The molecule has 0 bridgehead atoms. The lowest BCUT2D eigenvalue weighted by molar-refractivity contribution is -0.131.